The number of hydrogen-bond donors (Lipinski definition) is 1. The zero-order chi connectivity index (χ0) is 17.5. The maximum Gasteiger partial charge on any atom is 0.161 e. The third-order valence-corrected chi connectivity index (χ3v) is 4.42. The third-order valence-electron chi connectivity index (χ3n) is 4.42. The normalized spacial score (nSPS) is 10.8. The van der Waals surface area contributed by atoms with Crippen LogP contribution in [0.1, 0.15) is 76.7 Å². The van der Waals surface area contributed by atoms with Gasteiger partial charge in [-0.15, -0.1) is 0 Å². The highest BCUT2D eigenvalue weighted by atomic mass is 16.5. The molecule has 1 rings (SSSR count). The van der Waals surface area contributed by atoms with Gasteiger partial charge in [0.05, 0.1) is 13.7 Å². The molecule has 0 unspecified atom stereocenters. The molecule has 0 fully saturated rings. The van der Waals surface area contributed by atoms with Crippen molar-refractivity contribution < 1.29 is 9.47 Å². The Bertz CT molecular complexity index is 420. The molecule has 1 aromatic rings. The summed E-state index contributed by atoms with van der Waals surface area (Å²) in [6.07, 6.45) is 14.3. The van der Waals surface area contributed by atoms with Crippen LogP contribution in [0.2, 0.25) is 0 Å². The van der Waals surface area contributed by atoms with Crippen molar-refractivity contribution in [1.82, 2.24) is 0 Å². The predicted molar refractivity (Wildman–Crippen MR) is 103 cm³/mol. The summed E-state index contributed by atoms with van der Waals surface area (Å²) in [6.45, 7) is 3.69. The molecule has 0 amide bonds. The molecule has 0 saturated heterocycles. The number of ether oxygens (including phenoxy) is 2. The van der Waals surface area contributed by atoms with E-state index in [0.29, 0.717) is 6.54 Å². The molecule has 1 aromatic carbocycles. The molecular formula is C21H37NO2. The topological polar surface area (TPSA) is 44.5 Å². The van der Waals surface area contributed by atoms with Gasteiger partial charge in [0.25, 0.3) is 0 Å². The molecule has 3 heteroatoms. The van der Waals surface area contributed by atoms with Gasteiger partial charge in [0.1, 0.15) is 0 Å². The first-order chi connectivity index (χ1) is 11.8. The van der Waals surface area contributed by atoms with E-state index in [4.69, 9.17) is 15.2 Å². The average molecular weight is 336 g/mol. The van der Waals surface area contributed by atoms with Crippen LogP contribution in [0.5, 0.6) is 11.5 Å². The lowest BCUT2D eigenvalue weighted by Crippen LogP contribution is -2.04. The van der Waals surface area contributed by atoms with Gasteiger partial charge in [0.15, 0.2) is 11.5 Å². The Morgan fingerprint density at radius 1 is 0.833 bits per heavy atom. The summed E-state index contributed by atoms with van der Waals surface area (Å²) in [5.74, 6) is 1.65. The van der Waals surface area contributed by atoms with Crippen molar-refractivity contribution in [2.45, 2.75) is 77.6 Å². The van der Waals surface area contributed by atoms with E-state index in [9.17, 15) is 0 Å². The summed E-state index contributed by atoms with van der Waals surface area (Å²) < 4.78 is 11.3. The van der Waals surface area contributed by atoms with Crippen LogP contribution in [0.3, 0.4) is 0 Å². The molecule has 2 N–H and O–H groups in total. The van der Waals surface area contributed by atoms with E-state index in [-0.39, 0.29) is 0 Å². The fourth-order valence-electron chi connectivity index (χ4n) is 2.93. The Labute approximate surface area is 148 Å². The van der Waals surface area contributed by atoms with Gasteiger partial charge in [-0.3, -0.25) is 0 Å². The molecule has 3 nitrogen and oxygen atoms in total. The Morgan fingerprint density at radius 2 is 1.46 bits per heavy atom. The van der Waals surface area contributed by atoms with Crippen LogP contribution < -0.4 is 15.2 Å². The largest absolute Gasteiger partial charge is 0.493 e. The maximum atomic E-state index is 5.88. The minimum absolute atomic E-state index is 0.655. The molecule has 0 aliphatic rings. The van der Waals surface area contributed by atoms with Crippen molar-refractivity contribution in [3.8, 4) is 11.5 Å². The summed E-state index contributed by atoms with van der Waals surface area (Å²) in [7, 11) is 1.69. The molecule has 24 heavy (non-hydrogen) atoms. The van der Waals surface area contributed by atoms with Crippen molar-refractivity contribution in [1.29, 1.82) is 0 Å². The van der Waals surface area contributed by atoms with Crippen LogP contribution in [0.4, 0.5) is 0 Å². The minimum atomic E-state index is 0.655. The minimum Gasteiger partial charge on any atom is -0.493 e. The fourth-order valence-corrected chi connectivity index (χ4v) is 2.93. The van der Waals surface area contributed by atoms with Crippen LogP contribution in [0.15, 0.2) is 18.2 Å². The molecule has 0 aliphatic heterocycles. The fraction of sp³-hybridized carbons (Fsp3) is 0.714. The molecule has 0 aliphatic carbocycles. The van der Waals surface area contributed by atoms with Gasteiger partial charge in [-0.2, -0.15) is 0 Å². The van der Waals surface area contributed by atoms with Crippen LogP contribution in [0.25, 0.3) is 0 Å². The molecule has 0 spiro atoms. The van der Waals surface area contributed by atoms with E-state index in [0.717, 1.165) is 30.9 Å². The Hall–Kier alpha value is -1.22. The van der Waals surface area contributed by atoms with E-state index in [1.54, 1.807) is 7.11 Å². The first-order valence-electron chi connectivity index (χ1n) is 9.81. The standard InChI is InChI=1S/C21H37NO2/c1-3-4-5-6-7-8-9-10-11-12-17-24-20-14-13-19(15-16-22)18-21(20)23-2/h13-14,18H,3-12,15-17,22H2,1-2H3. The molecule has 0 saturated carbocycles. The molecule has 0 radical (unpaired) electrons. The third kappa shape index (κ3) is 9.17. The van der Waals surface area contributed by atoms with Crippen LogP contribution in [-0.4, -0.2) is 20.3 Å². The number of rotatable bonds is 15. The molecule has 0 heterocycles. The summed E-state index contributed by atoms with van der Waals surface area (Å²) in [5, 5.41) is 0. The Morgan fingerprint density at radius 3 is 2.04 bits per heavy atom. The highest BCUT2D eigenvalue weighted by Crippen LogP contribution is 2.28. The number of benzene rings is 1. The zero-order valence-corrected chi connectivity index (χ0v) is 15.8. The first-order valence-corrected chi connectivity index (χ1v) is 9.81. The van der Waals surface area contributed by atoms with Crippen molar-refractivity contribution in [3.63, 3.8) is 0 Å². The van der Waals surface area contributed by atoms with Gasteiger partial charge in [-0.25, -0.2) is 0 Å². The number of nitrogens with two attached hydrogens (primary N) is 1. The molecule has 0 aromatic heterocycles. The SMILES string of the molecule is CCCCCCCCCCCCOc1ccc(CCN)cc1OC. The van der Waals surface area contributed by atoms with Gasteiger partial charge in [0, 0.05) is 0 Å². The zero-order valence-electron chi connectivity index (χ0n) is 15.8. The second kappa shape index (κ2) is 14.2. The van der Waals surface area contributed by atoms with Crippen LogP contribution >= 0.6 is 0 Å². The number of unbranched alkanes of at least 4 members (excludes halogenated alkanes) is 9. The second-order valence-electron chi connectivity index (χ2n) is 6.55. The van der Waals surface area contributed by atoms with Gasteiger partial charge in [0.2, 0.25) is 0 Å². The number of hydrogen-bond acceptors (Lipinski definition) is 3. The van der Waals surface area contributed by atoms with Gasteiger partial charge in [-0.1, -0.05) is 70.8 Å². The van der Waals surface area contributed by atoms with Gasteiger partial charge < -0.3 is 15.2 Å². The van der Waals surface area contributed by atoms with Crippen molar-refractivity contribution in [2.24, 2.45) is 5.73 Å². The van der Waals surface area contributed by atoms with Crippen molar-refractivity contribution in [3.05, 3.63) is 23.8 Å². The average Bonchev–Trinajstić information content (AvgIpc) is 2.60. The highest BCUT2D eigenvalue weighted by molar-refractivity contribution is 5.43. The second-order valence-corrected chi connectivity index (χ2v) is 6.55. The molecular weight excluding hydrogens is 298 g/mol. The Balaban J connectivity index is 2.08. The van der Waals surface area contributed by atoms with Crippen LogP contribution in [0, 0.1) is 0 Å². The summed E-state index contributed by atoms with van der Waals surface area (Å²) in [6, 6.07) is 6.10. The van der Waals surface area contributed by atoms with Gasteiger partial charge >= 0.3 is 0 Å². The monoisotopic (exact) mass is 335 g/mol. The highest BCUT2D eigenvalue weighted by Gasteiger charge is 2.05. The van der Waals surface area contributed by atoms with E-state index in [1.807, 2.05) is 12.1 Å². The van der Waals surface area contributed by atoms with Crippen molar-refractivity contribution in [2.75, 3.05) is 20.3 Å². The lowest BCUT2D eigenvalue weighted by Gasteiger charge is -2.12. The van der Waals surface area contributed by atoms with E-state index < -0.39 is 0 Å². The molecule has 0 atom stereocenters. The quantitative estimate of drug-likeness (QED) is 0.431. The van der Waals surface area contributed by atoms with E-state index in [1.165, 1.54) is 63.4 Å². The first kappa shape index (κ1) is 20.8. The number of methoxy groups -OCH3 is 1. The Kier molecular flexibility index (Phi) is 12.3. The van der Waals surface area contributed by atoms with E-state index >= 15 is 0 Å². The van der Waals surface area contributed by atoms with Crippen LogP contribution in [-0.2, 0) is 6.42 Å². The lowest BCUT2D eigenvalue weighted by atomic mass is 10.1. The van der Waals surface area contributed by atoms with Crippen molar-refractivity contribution >= 4 is 0 Å². The summed E-state index contributed by atoms with van der Waals surface area (Å²) >= 11 is 0. The van der Waals surface area contributed by atoms with E-state index in [2.05, 4.69) is 13.0 Å². The van der Waals surface area contributed by atoms with Gasteiger partial charge in [-0.05, 0) is 37.1 Å². The maximum absolute atomic E-state index is 5.88. The molecule has 0 bridgehead atoms. The predicted octanol–water partition coefficient (Wildman–Crippen LogP) is 5.50. The smallest absolute Gasteiger partial charge is 0.161 e. The molecule has 138 valence electrons. The lowest BCUT2D eigenvalue weighted by molar-refractivity contribution is 0.284. The summed E-state index contributed by atoms with van der Waals surface area (Å²) in [4.78, 5) is 0. The summed E-state index contributed by atoms with van der Waals surface area (Å²) in [5.41, 5.74) is 6.79.